The van der Waals surface area contributed by atoms with Gasteiger partial charge in [-0.1, -0.05) is 0 Å². The van der Waals surface area contributed by atoms with Crippen LogP contribution in [0.4, 0.5) is 23.7 Å². The molecule has 0 fully saturated rings. The first kappa shape index (κ1) is 20.0. The minimum atomic E-state index is -4.77. The van der Waals surface area contributed by atoms with E-state index >= 15 is 0 Å². The zero-order valence-corrected chi connectivity index (χ0v) is 14.8. The minimum absolute atomic E-state index is 0.139. The maximum Gasteiger partial charge on any atom is 0.573 e. The van der Waals surface area contributed by atoms with Crippen LogP contribution in [0, 0.1) is 0 Å². The number of carbonyl (C=O) groups is 1. The first-order valence-electron chi connectivity index (χ1n) is 8.30. The van der Waals surface area contributed by atoms with Crippen molar-refractivity contribution >= 4 is 11.7 Å². The van der Waals surface area contributed by atoms with Gasteiger partial charge in [0.15, 0.2) is 5.76 Å². The average molecular weight is 408 g/mol. The predicted molar refractivity (Wildman–Crippen MR) is 95.4 cm³/mol. The first-order valence-corrected chi connectivity index (χ1v) is 8.30. The average Bonchev–Trinajstić information content (AvgIpc) is 3.21. The molecule has 1 aromatic carbocycles. The number of furan rings is 1. The van der Waals surface area contributed by atoms with Crippen LogP contribution < -0.4 is 20.1 Å². The fourth-order valence-corrected chi connectivity index (χ4v) is 2.19. The highest BCUT2D eigenvalue weighted by molar-refractivity contribution is 5.89. The number of anilines is 1. The molecule has 0 saturated carbocycles. The number of hydrogen-bond donors (Lipinski definition) is 2. The number of halogens is 3. The maximum atomic E-state index is 12.1. The molecule has 2 amide bonds. The SMILES string of the molecule is O=C(NCCOc1ccc(-c2ccco2)nn1)Nc1ccc(OC(F)(F)F)cc1. The zero-order chi connectivity index (χ0) is 20.7. The lowest BCUT2D eigenvalue weighted by Crippen LogP contribution is -2.32. The Balaban J connectivity index is 1.37. The first-order chi connectivity index (χ1) is 13.9. The molecule has 0 aliphatic heterocycles. The number of ether oxygens (including phenoxy) is 2. The number of carbonyl (C=O) groups excluding carboxylic acids is 1. The Morgan fingerprint density at radius 2 is 1.86 bits per heavy atom. The van der Waals surface area contributed by atoms with Crippen LogP contribution in [0.15, 0.2) is 59.2 Å². The third kappa shape index (κ3) is 6.41. The Morgan fingerprint density at radius 3 is 2.48 bits per heavy atom. The summed E-state index contributed by atoms with van der Waals surface area (Å²) in [6.07, 6.45) is -3.24. The van der Waals surface area contributed by atoms with E-state index in [2.05, 4.69) is 25.6 Å². The van der Waals surface area contributed by atoms with Crippen molar-refractivity contribution in [2.45, 2.75) is 6.36 Å². The van der Waals surface area contributed by atoms with Crippen molar-refractivity contribution in [3.8, 4) is 23.1 Å². The number of benzene rings is 1. The molecule has 2 N–H and O–H groups in total. The second-order valence-electron chi connectivity index (χ2n) is 5.54. The third-order valence-corrected chi connectivity index (χ3v) is 3.40. The summed E-state index contributed by atoms with van der Waals surface area (Å²) in [4.78, 5) is 11.8. The van der Waals surface area contributed by atoms with E-state index in [0.717, 1.165) is 12.1 Å². The van der Waals surface area contributed by atoms with E-state index in [4.69, 9.17) is 9.15 Å². The van der Waals surface area contributed by atoms with Crippen molar-refractivity contribution in [2.75, 3.05) is 18.5 Å². The molecule has 0 aliphatic rings. The van der Waals surface area contributed by atoms with Crippen LogP contribution in [0.3, 0.4) is 0 Å². The van der Waals surface area contributed by atoms with Crippen molar-refractivity contribution in [1.82, 2.24) is 15.5 Å². The van der Waals surface area contributed by atoms with Crippen molar-refractivity contribution < 1.29 is 31.9 Å². The molecule has 0 radical (unpaired) electrons. The lowest BCUT2D eigenvalue weighted by molar-refractivity contribution is -0.274. The fraction of sp³-hybridized carbons (Fsp3) is 0.167. The van der Waals surface area contributed by atoms with E-state index in [1.54, 1.807) is 24.3 Å². The third-order valence-electron chi connectivity index (χ3n) is 3.40. The van der Waals surface area contributed by atoms with Gasteiger partial charge in [0.05, 0.1) is 12.8 Å². The molecule has 3 rings (SSSR count). The predicted octanol–water partition coefficient (Wildman–Crippen LogP) is 3.84. The molecule has 0 unspecified atom stereocenters. The normalized spacial score (nSPS) is 11.0. The van der Waals surface area contributed by atoms with E-state index in [1.807, 2.05) is 0 Å². The number of hydrogen-bond acceptors (Lipinski definition) is 6. The number of nitrogens with one attached hydrogen (secondary N) is 2. The molecule has 11 heteroatoms. The molecule has 8 nitrogen and oxygen atoms in total. The Bertz CT molecular complexity index is 914. The van der Waals surface area contributed by atoms with Crippen LogP contribution in [-0.2, 0) is 0 Å². The molecule has 3 aromatic rings. The van der Waals surface area contributed by atoms with E-state index in [1.165, 1.54) is 18.4 Å². The second-order valence-corrected chi connectivity index (χ2v) is 5.54. The van der Waals surface area contributed by atoms with Gasteiger partial charge in [0.1, 0.15) is 18.1 Å². The highest BCUT2D eigenvalue weighted by atomic mass is 19.4. The van der Waals surface area contributed by atoms with Crippen molar-refractivity contribution in [2.24, 2.45) is 0 Å². The van der Waals surface area contributed by atoms with Gasteiger partial charge in [0.25, 0.3) is 0 Å². The summed E-state index contributed by atoms with van der Waals surface area (Å²) >= 11 is 0. The largest absolute Gasteiger partial charge is 0.573 e. The van der Waals surface area contributed by atoms with E-state index in [-0.39, 0.29) is 24.8 Å². The van der Waals surface area contributed by atoms with Crippen LogP contribution in [0.1, 0.15) is 0 Å². The summed E-state index contributed by atoms with van der Waals surface area (Å²) < 4.78 is 50.6. The van der Waals surface area contributed by atoms with Gasteiger partial charge in [0.2, 0.25) is 5.88 Å². The lowest BCUT2D eigenvalue weighted by Gasteiger charge is -2.10. The molecule has 2 heterocycles. The minimum Gasteiger partial charge on any atom is -0.475 e. The quantitative estimate of drug-likeness (QED) is 0.577. The van der Waals surface area contributed by atoms with Crippen molar-refractivity contribution in [3.05, 3.63) is 54.8 Å². The van der Waals surface area contributed by atoms with E-state index in [9.17, 15) is 18.0 Å². The molecule has 0 bridgehead atoms. The van der Waals surface area contributed by atoms with Crippen LogP contribution in [0.5, 0.6) is 11.6 Å². The standard InChI is InChI=1S/C18H15F3N4O4/c19-18(20,21)29-13-5-3-12(4-6-13)23-17(26)22-9-11-28-16-8-7-14(24-25-16)15-2-1-10-27-15/h1-8,10H,9,11H2,(H2,22,23,26). The summed E-state index contributed by atoms with van der Waals surface area (Å²) in [7, 11) is 0. The van der Waals surface area contributed by atoms with Crippen molar-refractivity contribution in [3.63, 3.8) is 0 Å². The molecule has 29 heavy (non-hydrogen) atoms. The number of amides is 2. The highest BCUT2D eigenvalue weighted by Crippen LogP contribution is 2.24. The topological polar surface area (TPSA) is 98.5 Å². The van der Waals surface area contributed by atoms with Gasteiger partial charge in [-0.05, 0) is 42.5 Å². The maximum absolute atomic E-state index is 12.1. The van der Waals surface area contributed by atoms with Crippen LogP contribution in [-0.4, -0.2) is 35.7 Å². The van der Waals surface area contributed by atoms with Gasteiger partial charge in [0, 0.05) is 11.8 Å². The summed E-state index contributed by atoms with van der Waals surface area (Å²) in [6, 6.07) is 11.0. The fourth-order valence-electron chi connectivity index (χ4n) is 2.19. The van der Waals surface area contributed by atoms with E-state index in [0.29, 0.717) is 17.1 Å². The summed E-state index contributed by atoms with van der Waals surface area (Å²) in [6.45, 7) is 0.309. The molecule has 0 saturated heterocycles. The highest BCUT2D eigenvalue weighted by Gasteiger charge is 2.30. The zero-order valence-electron chi connectivity index (χ0n) is 14.8. The molecule has 0 aliphatic carbocycles. The Morgan fingerprint density at radius 1 is 1.07 bits per heavy atom. The van der Waals surface area contributed by atoms with Gasteiger partial charge in [-0.15, -0.1) is 23.4 Å². The molecular formula is C18H15F3N4O4. The van der Waals surface area contributed by atoms with Crippen molar-refractivity contribution in [1.29, 1.82) is 0 Å². The summed E-state index contributed by atoms with van der Waals surface area (Å²) in [5.41, 5.74) is 0.865. The van der Waals surface area contributed by atoms with Gasteiger partial charge >= 0.3 is 12.4 Å². The smallest absolute Gasteiger partial charge is 0.475 e. The van der Waals surface area contributed by atoms with Crippen LogP contribution in [0.2, 0.25) is 0 Å². The van der Waals surface area contributed by atoms with Gasteiger partial charge in [-0.3, -0.25) is 0 Å². The number of aromatic nitrogens is 2. The lowest BCUT2D eigenvalue weighted by atomic mass is 10.3. The van der Waals surface area contributed by atoms with E-state index < -0.39 is 12.4 Å². The van der Waals surface area contributed by atoms with Gasteiger partial charge < -0.3 is 24.5 Å². The number of rotatable bonds is 7. The molecule has 0 spiro atoms. The second kappa shape index (κ2) is 8.95. The van der Waals surface area contributed by atoms with Gasteiger partial charge in [-0.25, -0.2) is 4.79 Å². The monoisotopic (exact) mass is 408 g/mol. The summed E-state index contributed by atoms with van der Waals surface area (Å²) in [5, 5.41) is 12.9. The number of nitrogens with zero attached hydrogens (tertiary/aromatic N) is 2. The molecule has 2 aromatic heterocycles. The number of alkyl halides is 3. The summed E-state index contributed by atoms with van der Waals surface area (Å²) in [5.74, 6) is 0.485. The number of urea groups is 1. The molecular weight excluding hydrogens is 393 g/mol. The molecule has 152 valence electrons. The Hall–Kier alpha value is -3.76. The van der Waals surface area contributed by atoms with Gasteiger partial charge in [-0.2, -0.15) is 0 Å². The Labute approximate surface area is 162 Å². The van der Waals surface area contributed by atoms with Crippen LogP contribution >= 0.6 is 0 Å². The molecule has 0 atom stereocenters. The van der Waals surface area contributed by atoms with Crippen LogP contribution in [0.25, 0.3) is 11.5 Å². The Kier molecular flexibility index (Phi) is 6.17.